The Hall–Kier alpha value is -2.88. The van der Waals surface area contributed by atoms with E-state index in [2.05, 4.69) is 65.0 Å². The van der Waals surface area contributed by atoms with Crippen molar-refractivity contribution in [3.63, 3.8) is 0 Å². The first-order valence-corrected chi connectivity index (χ1v) is 11.3. The van der Waals surface area contributed by atoms with Crippen molar-refractivity contribution in [1.29, 1.82) is 0 Å². The van der Waals surface area contributed by atoms with Crippen LogP contribution in [0.25, 0.3) is 6.08 Å². The van der Waals surface area contributed by atoms with Crippen molar-refractivity contribution in [1.82, 2.24) is 0 Å². The minimum absolute atomic E-state index is 0.00664. The van der Waals surface area contributed by atoms with Crippen molar-refractivity contribution < 1.29 is 19.7 Å². The zero-order chi connectivity index (χ0) is 23.8. The van der Waals surface area contributed by atoms with E-state index < -0.39 is 0 Å². The summed E-state index contributed by atoms with van der Waals surface area (Å²) < 4.78 is 10.6. The molecule has 4 nitrogen and oxygen atoms in total. The molecule has 0 aliphatic heterocycles. The molecule has 0 radical (unpaired) electrons. The van der Waals surface area contributed by atoms with Crippen molar-refractivity contribution in [2.45, 2.75) is 59.8 Å². The van der Waals surface area contributed by atoms with E-state index in [0.717, 1.165) is 35.1 Å². The van der Waals surface area contributed by atoms with Gasteiger partial charge in [-0.05, 0) is 91.5 Å². The Labute approximate surface area is 193 Å². The van der Waals surface area contributed by atoms with E-state index in [1.54, 1.807) is 0 Å². The summed E-state index contributed by atoms with van der Waals surface area (Å²) in [5, 5.41) is 21.0. The van der Waals surface area contributed by atoms with Gasteiger partial charge in [-0.15, -0.1) is 0 Å². The first-order valence-electron chi connectivity index (χ1n) is 11.3. The molecule has 0 bridgehead atoms. The molecular weight excluding hydrogens is 400 g/mol. The molecule has 4 heteroatoms. The van der Waals surface area contributed by atoms with Crippen LogP contribution in [0.1, 0.15) is 69.2 Å². The van der Waals surface area contributed by atoms with Gasteiger partial charge in [-0.1, -0.05) is 44.6 Å². The molecular formula is C28H38O4. The third-order valence-corrected chi connectivity index (χ3v) is 5.62. The largest absolute Gasteiger partial charge is 0.507 e. The molecule has 0 saturated heterocycles. The van der Waals surface area contributed by atoms with Crippen LogP contribution in [0.3, 0.4) is 0 Å². The highest BCUT2D eigenvalue weighted by molar-refractivity contribution is 5.59. The number of rotatable bonds is 10. The quantitative estimate of drug-likeness (QED) is 0.391. The molecule has 1 atom stereocenters. The van der Waals surface area contributed by atoms with Crippen LogP contribution in [0.2, 0.25) is 0 Å². The van der Waals surface area contributed by atoms with Crippen LogP contribution in [0, 0.1) is 5.92 Å². The number of ether oxygens (including phenoxy) is 2. The second kappa shape index (κ2) is 11.7. The fraction of sp³-hybridized carbons (Fsp3) is 0.429. The van der Waals surface area contributed by atoms with Crippen LogP contribution >= 0.6 is 0 Å². The summed E-state index contributed by atoms with van der Waals surface area (Å²) in [6.07, 6.45) is 8.97. The SMILES string of the molecule is COc1cc(C(C)/C=C/c2cc(CC=C(C)C)c(O)c(CCC(C)C)c2)cc(OC)c1O. The van der Waals surface area contributed by atoms with Gasteiger partial charge in [0, 0.05) is 0 Å². The minimum Gasteiger partial charge on any atom is -0.507 e. The van der Waals surface area contributed by atoms with Gasteiger partial charge in [0.15, 0.2) is 11.5 Å². The van der Waals surface area contributed by atoms with Gasteiger partial charge < -0.3 is 19.7 Å². The number of aromatic hydroxyl groups is 2. The highest BCUT2D eigenvalue weighted by Gasteiger charge is 2.14. The molecule has 174 valence electrons. The number of phenols is 2. The molecule has 2 aromatic carbocycles. The molecule has 32 heavy (non-hydrogen) atoms. The first kappa shape index (κ1) is 25.4. The van der Waals surface area contributed by atoms with Gasteiger partial charge in [-0.2, -0.15) is 0 Å². The third-order valence-electron chi connectivity index (χ3n) is 5.62. The molecule has 0 heterocycles. The van der Waals surface area contributed by atoms with Gasteiger partial charge in [0.25, 0.3) is 0 Å². The molecule has 0 aliphatic rings. The van der Waals surface area contributed by atoms with Crippen LogP contribution in [0.15, 0.2) is 42.0 Å². The third kappa shape index (κ3) is 6.81. The summed E-state index contributed by atoms with van der Waals surface area (Å²) >= 11 is 0. The number of hydrogen-bond donors (Lipinski definition) is 2. The number of aryl methyl sites for hydroxylation is 1. The molecule has 0 saturated carbocycles. The summed E-state index contributed by atoms with van der Waals surface area (Å²) in [6.45, 7) is 10.6. The van der Waals surface area contributed by atoms with Crippen molar-refractivity contribution in [3.05, 3.63) is 64.2 Å². The molecule has 0 spiro atoms. The molecule has 2 rings (SSSR count). The monoisotopic (exact) mass is 438 g/mol. The lowest BCUT2D eigenvalue weighted by Crippen LogP contribution is -1.97. The Morgan fingerprint density at radius 3 is 2.03 bits per heavy atom. The normalized spacial score (nSPS) is 12.2. The van der Waals surface area contributed by atoms with E-state index in [1.165, 1.54) is 19.8 Å². The lowest BCUT2D eigenvalue weighted by atomic mass is 9.94. The highest BCUT2D eigenvalue weighted by atomic mass is 16.5. The van der Waals surface area contributed by atoms with Crippen LogP contribution < -0.4 is 9.47 Å². The fourth-order valence-electron chi connectivity index (χ4n) is 3.53. The number of hydrogen-bond acceptors (Lipinski definition) is 4. The van der Waals surface area contributed by atoms with Gasteiger partial charge in [0.1, 0.15) is 5.75 Å². The number of methoxy groups -OCH3 is 2. The molecule has 1 unspecified atom stereocenters. The highest BCUT2D eigenvalue weighted by Crippen LogP contribution is 2.39. The second-order valence-electron chi connectivity index (χ2n) is 9.03. The molecule has 0 fully saturated rings. The van der Waals surface area contributed by atoms with Crippen LogP contribution in [0.5, 0.6) is 23.0 Å². The van der Waals surface area contributed by atoms with Gasteiger partial charge in [-0.3, -0.25) is 0 Å². The average molecular weight is 439 g/mol. The maximum Gasteiger partial charge on any atom is 0.200 e. The van der Waals surface area contributed by atoms with Crippen molar-refractivity contribution in [3.8, 4) is 23.0 Å². The van der Waals surface area contributed by atoms with Gasteiger partial charge in [-0.25, -0.2) is 0 Å². The van der Waals surface area contributed by atoms with E-state index in [1.807, 2.05) is 12.1 Å². The molecule has 0 aliphatic carbocycles. The van der Waals surface area contributed by atoms with Crippen LogP contribution in [0.4, 0.5) is 0 Å². The predicted molar refractivity (Wildman–Crippen MR) is 133 cm³/mol. The topological polar surface area (TPSA) is 58.9 Å². The number of allylic oxidation sites excluding steroid dienone is 3. The van der Waals surface area contributed by atoms with E-state index >= 15 is 0 Å². The van der Waals surface area contributed by atoms with Gasteiger partial charge in [0.2, 0.25) is 5.75 Å². The lowest BCUT2D eigenvalue weighted by molar-refractivity contribution is 0.339. The standard InChI is InChI=1S/C28H38O4/c1-18(2)8-12-22-14-21(15-23(27(22)29)13-9-19(3)4)11-10-20(5)24-16-25(31-6)28(30)26(17-24)32-7/h8,10-11,14-17,19-20,29-30H,9,12-13H2,1-7H3/b11-10+. The second-order valence-corrected chi connectivity index (χ2v) is 9.03. The lowest BCUT2D eigenvalue weighted by Gasteiger charge is -2.14. The Bertz CT molecular complexity index is 941. The van der Waals surface area contributed by atoms with E-state index in [4.69, 9.17) is 9.47 Å². The van der Waals surface area contributed by atoms with E-state index in [9.17, 15) is 10.2 Å². The number of benzene rings is 2. The molecule has 0 amide bonds. The maximum atomic E-state index is 10.8. The Morgan fingerprint density at radius 2 is 1.50 bits per heavy atom. The Kier molecular flexibility index (Phi) is 9.25. The van der Waals surface area contributed by atoms with Crippen molar-refractivity contribution >= 4 is 6.08 Å². The maximum absolute atomic E-state index is 10.8. The summed E-state index contributed by atoms with van der Waals surface area (Å²) in [5.41, 5.74) is 5.24. The van der Waals surface area contributed by atoms with Crippen LogP contribution in [-0.4, -0.2) is 24.4 Å². The molecule has 2 aromatic rings. The summed E-state index contributed by atoms with van der Waals surface area (Å²) in [6, 6.07) is 7.82. The van der Waals surface area contributed by atoms with E-state index in [0.29, 0.717) is 29.6 Å². The fourth-order valence-corrected chi connectivity index (χ4v) is 3.53. The van der Waals surface area contributed by atoms with Gasteiger partial charge >= 0.3 is 0 Å². The van der Waals surface area contributed by atoms with Crippen molar-refractivity contribution in [2.75, 3.05) is 14.2 Å². The van der Waals surface area contributed by atoms with E-state index in [-0.39, 0.29) is 11.7 Å². The van der Waals surface area contributed by atoms with Crippen molar-refractivity contribution in [2.24, 2.45) is 5.92 Å². The van der Waals surface area contributed by atoms with Gasteiger partial charge in [0.05, 0.1) is 14.2 Å². The van der Waals surface area contributed by atoms with Crippen LogP contribution in [-0.2, 0) is 12.8 Å². The zero-order valence-corrected chi connectivity index (χ0v) is 20.5. The Morgan fingerprint density at radius 1 is 0.906 bits per heavy atom. The summed E-state index contributed by atoms with van der Waals surface area (Å²) in [4.78, 5) is 0. The summed E-state index contributed by atoms with van der Waals surface area (Å²) in [5.74, 6) is 1.86. The first-order chi connectivity index (χ1) is 15.2. The Balaban J connectivity index is 2.38. The number of phenolic OH excluding ortho intramolecular Hbond substituents is 2. The smallest absolute Gasteiger partial charge is 0.200 e. The minimum atomic E-state index is 0.00664. The molecule has 0 aromatic heterocycles. The predicted octanol–water partition coefficient (Wildman–Crippen LogP) is 7.03. The average Bonchev–Trinajstić information content (AvgIpc) is 2.76. The molecule has 2 N–H and O–H groups in total. The summed E-state index contributed by atoms with van der Waals surface area (Å²) in [7, 11) is 3.06. The zero-order valence-electron chi connectivity index (χ0n) is 20.5.